The first-order valence-electron chi connectivity index (χ1n) is 12.9. The largest absolute Gasteiger partial charge is 0.416 e. The van der Waals surface area contributed by atoms with E-state index < -0.39 is 11.7 Å². The number of nitrogens with one attached hydrogen (secondary N) is 2. The molecule has 0 spiro atoms. The smallest absolute Gasteiger partial charge is 0.369 e. The fraction of sp³-hybridized carbons (Fsp3) is 0.267. The van der Waals surface area contributed by atoms with Crippen LogP contribution in [-0.2, 0) is 6.18 Å². The number of para-hydroxylation sites is 1. The number of carbonyl (C=O) groups is 1. The van der Waals surface area contributed by atoms with Gasteiger partial charge in [0.15, 0.2) is 0 Å². The molecule has 202 valence electrons. The van der Waals surface area contributed by atoms with Crippen molar-refractivity contribution in [3.05, 3.63) is 95.7 Å². The number of alkyl halides is 3. The number of carbonyl (C=O) groups excluding carboxylic acids is 1. The van der Waals surface area contributed by atoms with Gasteiger partial charge in [0.25, 0.3) is 5.91 Å². The van der Waals surface area contributed by atoms with Gasteiger partial charge in [-0.3, -0.25) is 14.7 Å². The van der Waals surface area contributed by atoms with Crippen molar-refractivity contribution >= 4 is 33.9 Å². The van der Waals surface area contributed by atoms with Crippen molar-refractivity contribution in [2.75, 3.05) is 49.5 Å². The van der Waals surface area contributed by atoms with E-state index >= 15 is 0 Å². The van der Waals surface area contributed by atoms with E-state index in [4.69, 9.17) is 0 Å². The minimum absolute atomic E-state index is 0.156. The summed E-state index contributed by atoms with van der Waals surface area (Å²) >= 11 is 0. The van der Waals surface area contributed by atoms with E-state index in [9.17, 15) is 18.0 Å². The van der Waals surface area contributed by atoms with Gasteiger partial charge in [-0.25, -0.2) is 0 Å². The maximum atomic E-state index is 13.0. The lowest BCUT2D eigenvalue weighted by atomic mass is 10.1. The van der Waals surface area contributed by atoms with Crippen LogP contribution in [-0.4, -0.2) is 55.1 Å². The lowest BCUT2D eigenvalue weighted by Gasteiger charge is -2.36. The Bertz CT molecular complexity index is 1460. The van der Waals surface area contributed by atoms with Crippen LogP contribution in [0.15, 0.2) is 78.9 Å². The Morgan fingerprint density at radius 2 is 1.69 bits per heavy atom. The number of fused-ring (bicyclic) bond motifs is 1. The van der Waals surface area contributed by atoms with Crippen molar-refractivity contribution in [2.45, 2.75) is 13.1 Å². The molecule has 2 heterocycles. The van der Waals surface area contributed by atoms with Crippen LogP contribution in [0.3, 0.4) is 0 Å². The van der Waals surface area contributed by atoms with E-state index in [0.29, 0.717) is 50.5 Å². The molecule has 4 aromatic rings. The van der Waals surface area contributed by atoms with E-state index in [-0.39, 0.29) is 5.91 Å². The molecule has 39 heavy (non-hydrogen) atoms. The molecule has 0 radical (unpaired) electrons. The molecule has 1 aliphatic rings. The standard InChI is InChI=1S/C30H30F3N5O/c1-21-18-28(26-10-2-3-11-27(26)35-21)36-24-8-4-6-22(19-24)29(39)34-12-13-37-14-16-38(17-15-37)25-9-5-7-23(20-25)30(31,32)33/h2-11,18-20H,12-17H2,1H3,(H,34,39)(H,35,36). The molecule has 0 saturated carbocycles. The average molecular weight is 534 g/mol. The summed E-state index contributed by atoms with van der Waals surface area (Å²) in [6, 6.07) is 22.7. The predicted octanol–water partition coefficient (Wildman–Crippen LogP) is 5.86. The quantitative estimate of drug-likeness (QED) is 0.312. The van der Waals surface area contributed by atoms with Crippen molar-refractivity contribution in [3.8, 4) is 0 Å². The van der Waals surface area contributed by atoms with Gasteiger partial charge in [-0.2, -0.15) is 13.2 Å². The number of hydrogen-bond acceptors (Lipinski definition) is 5. The summed E-state index contributed by atoms with van der Waals surface area (Å²) in [4.78, 5) is 21.6. The van der Waals surface area contributed by atoms with Crippen LogP contribution in [0, 0.1) is 6.92 Å². The number of piperazine rings is 1. The van der Waals surface area contributed by atoms with Crippen LogP contribution in [0.4, 0.5) is 30.2 Å². The zero-order chi connectivity index (χ0) is 27.4. The molecule has 1 aromatic heterocycles. The third-order valence-electron chi connectivity index (χ3n) is 6.87. The minimum atomic E-state index is -4.35. The fourth-order valence-corrected chi connectivity index (χ4v) is 4.84. The zero-order valence-corrected chi connectivity index (χ0v) is 21.6. The van der Waals surface area contributed by atoms with E-state index in [1.807, 2.05) is 60.4 Å². The van der Waals surface area contributed by atoms with E-state index in [1.165, 1.54) is 12.1 Å². The Kier molecular flexibility index (Phi) is 7.70. The molecular formula is C30H30F3N5O. The van der Waals surface area contributed by atoms with Crippen molar-refractivity contribution < 1.29 is 18.0 Å². The molecule has 1 saturated heterocycles. The van der Waals surface area contributed by atoms with Gasteiger partial charge in [-0.05, 0) is 55.5 Å². The van der Waals surface area contributed by atoms with Crippen molar-refractivity contribution in [3.63, 3.8) is 0 Å². The Balaban J connectivity index is 1.13. The molecule has 6 nitrogen and oxygen atoms in total. The number of amides is 1. The second-order valence-corrected chi connectivity index (χ2v) is 9.67. The van der Waals surface area contributed by atoms with Gasteiger partial charge in [-0.1, -0.05) is 30.3 Å². The molecule has 0 atom stereocenters. The van der Waals surface area contributed by atoms with Crippen LogP contribution in [0.2, 0.25) is 0 Å². The molecular weight excluding hydrogens is 503 g/mol. The maximum Gasteiger partial charge on any atom is 0.416 e. The number of aryl methyl sites for hydroxylation is 1. The Morgan fingerprint density at radius 3 is 2.49 bits per heavy atom. The number of benzene rings is 3. The number of hydrogen-bond donors (Lipinski definition) is 2. The summed E-state index contributed by atoms with van der Waals surface area (Å²) in [5.74, 6) is -0.156. The maximum absolute atomic E-state index is 13.0. The SMILES string of the molecule is Cc1cc(Nc2cccc(C(=O)NCCN3CCN(c4cccc(C(F)(F)F)c4)CC3)c2)c2ccccc2n1. The highest BCUT2D eigenvalue weighted by molar-refractivity contribution is 5.96. The topological polar surface area (TPSA) is 60.5 Å². The molecule has 5 rings (SSSR count). The van der Waals surface area contributed by atoms with Crippen LogP contribution in [0.25, 0.3) is 10.9 Å². The van der Waals surface area contributed by atoms with Gasteiger partial charge in [-0.15, -0.1) is 0 Å². The van der Waals surface area contributed by atoms with Gasteiger partial charge in [0.2, 0.25) is 0 Å². The first kappa shape index (κ1) is 26.5. The average Bonchev–Trinajstić information content (AvgIpc) is 2.93. The van der Waals surface area contributed by atoms with Crippen molar-refractivity contribution in [2.24, 2.45) is 0 Å². The summed E-state index contributed by atoms with van der Waals surface area (Å²) in [6.07, 6.45) is -4.35. The normalized spacial score (nSPS) is 14.4. The third kappa shape index (κ3) is 6.49. The van der Waals surface area contributed by atoms with Gasteiger partial charge < -0.3 is 15.5 Å². The minimum Gasteiger partial charge on any atom is -0.369 e. The monoisotopic (exact) mass is 533 g/mol. The van der Waals surface area contributed by atoms with E-state index in [2.05, 4.69) is 20.5 Å². The molecule has 1 fully saturated rings. The lowest BCUT2D eigenvalue weighted by Crippen LogP contribution is -2.48. The van der Waals surface area contributed by atoms with Crippen LogP contribution in [0.1, 0.15) is 21.6 Å². The predicted molar refractivity (Wildman–Crippen MR) is 149 cm³/mol. The second-order valence-electron chi connectivity index (χ2n) is 9.67. The molecule has 1 aliphatic heterocycles. The van der Waals surface area contributed by atoms with Crippen LogP contribution in [0.5, 0.6) is 0 Å². The molecule has 9 heteroatoms. The molecule has 0 unspecified atom stereocenters. The zero-order valence-electron chi connectivity index (χ0n) is 21.6. The van der Waals surface area contributed by atoms with Gasteiger partial charge in [0.05, 0.1) is 11.1 Å². The third-order valence-corrected chi connectivity index (χ3v) is 6.87. The van der Waals surface area contributed by atoms with Crippen molar-refractivity contribution in [1.82, 2.24) is 15.2 Å². The lowest BCUT2D eigenvalue weighted by molar-refractivity contribution is -0.137. The van der Waals surface area contributed by atoms with Crippen LogP contribution < -0.4 is 15.5 Å². The summed E-state index contributed by atoms with van der Waals surface area (Å²) in [6.45, 7) is 5.79. The highest BCUT2D eigenvalue weighted by Crippen LogP contribution is 2.32. The number of aromatic nitrogens is 1. The van der Waals surface area contributed by atoms with Gasteiger partial charge >= 0.3 is 6.18 Å². The summed E-state index contributed by atoms with van der Waals surface area (Å²) in [5, 5.41) is 7.42. The Morgan fingerprint density at radius 1 is 0.923 bits per heavy atom. The highest BCUT2D eigenvalue weighted by atomic mass is 19.4. The fourth-order valence-electron chi connectivity index (χ4n) is 4.84. The van der Waals surface area contributed by atoms with Gasteiger partial charge in [0.1, 0.15) is 0 Å². The first-order chi connectivity index (χ1) is 18.8. The second kappa shape index (κ2) is 11.3. The summed E-state index contributed by atoms with van der Waals surface area (Å²) in [7, 11) is 0. The number of pyridine rings is 1. The Labute approximate surface area is 225 Å². The summed E-state index contributed by atoms with van der Waals surface area (Å²) in [5.41, 5.74) is 4.06. The molecule has 3 aromatic carbocycles. The number of halogens is 3. The van der Waals surface area contributed by atoms with Crippen molar-refractivity contribution in [1.29, 1.82) is 0 Å². The first-order valence-corrected chi connectivity index (χ1v) is 12.9. The van der Waals surface area contributed by atoms with Gasteiger partial charge in [0, 0.05) is 73.0 Å². The highest BCUT2D eigenvalue weighted by Gasteiger charge is 2.31. The number of anilines is 3. The number of nitrogens with zero attached hydrogens (tertiary/aromatic N) is 3. The molecule has 1 amide bonds. The Hall–Kier alpha value is -4.11. The molecule has 0 bridgehead atoms. The summed E-state index contributed by atoms with van der Waals surface area (Å²) < 4.78 is 39.1. The van der Waals surface area contributed by atoms with E-state index in [0.717, 1.165) is 34.0 Å². The van der Waals surface area contributed by atoms with Crippen LogP contribution >= 0.6 is 0 Å². The van der Waals surface area contributed by atoms with E-state index in [1.54, 1.807) is 12.1 Å². The number of rotatable bonds is 7. The molecule has 2 N–H and O–H groups in total. The molecule has 0 aliphatic carbocycles.